The topological polar surface area (TPSA) is 96.6 Å². The zero-order valence-electron chi connectivity index (χ0n) is 10.8. The molecule has 0 atom stereocenters. The fourth-order valence-electron chi connectivity index (χ4n) is 1.45. The van der Waals surface area contributed by atoms with Crippen molar-refractivity contribution >= 4 is 27.6 Å². The Morgan fingerprint density at radius 2 is 2.11 bits per heavy atom. The third kappa shape index (κ3) is 4.70. The summed E-state index contributed by atoms with van der Waals surface area (Å²) in [5.74, 6) is 0.266. The standard InChI is InChI=1S/C11H17ClN4O2S/c1-8-7-9(12)3-4-10(8)19(17,18)16-6-5-15-11(13)14-2/h3-4,7,16H,5-6H2,1-2H3,(H3,13,14,15). The van der Waals surface area contributed by atoms with Crippen molar-refractivity contribution in [3.05, 3.63) is 28.8 Å². The number of sulfonamides is 1. The second-order valence-corrected chi connectivity index (χ2v) is 6.02. The van der Waals surface area contributed by atoms with Crippen LogP contribution in [0.15, 0.2) is 28.1 Å². The molecule has 0 unspecified atom stereocenters. The van der Waals surface area contributed by atoms with Crippen molar-refractivity contribution in [2.75, 3.05) is 20.1 Å². The van der Waals surface area contributed by atoms with Gasteiger partial charge >= 0.3 is 0 Å². The van der Waals surface area contributed by atoms with Crippen LogP contribution in [0.1, 0.15) is 5.56 Å². The molecule has 0 radical (unpaired) electrons. The normalized spacial score (nSPS) is 12.5. The molecule has 0 aromatic heterocycles. The van der Waals surface area contributed by atoms with Gasteiger partial charge < -0.3 is 11.1 Å². The molecule has 8 heteroatoms. The second kappa shape index (κ2) is 6.74. The van der Waals surface area contributed by atoms with E-state index < -0.39 is 10.0 Å². The van der Waals surface area contributed by atoms with Gasteiger partial charge in [-0.2, -0.15) is 0 Å². The Hall–Kier alpha value is -1.31. The smallest absolute Gasteiger partial charge is 0.240 e. The van der Waals surface area contributed by atoms with Gasteiger partial charge in [-0.05, 0) is 30.7 Å². The van der Waals surface area contributed by atoms with E-state index in [0.717, 1.165) is 0 Å². The number of rotatable bonds is 5. The van der Waals surface area contributed by atoms with Gasteiger partial charge in [0.1, 0.15) is 0 Å². The lowest BCUT2D eigenvalue weighted by atomic mass is 10.2. The fourth-order valence-corrected chi connectivity index (χ4v) is 2.93. The maximum absolute atomic E-state index is 12.0. The first-order valence-corrected chi connectivity index (χ1v) is 7.45. The van der Waals surface area contributed by atoms with E-state index in [4.69, 9.17) is 17.3 Å². The number of nitrogens with one attached hydrogen (secondary N) is 2. The highest BCUT2D eigenvalue weighted by atomic mass is 35.5. The van der Waals surface area contributed by atoms with Crippen LogP contribution >= 0.6 is 11.6 Å². The van der Waals surface area contributed by atoms with Crippen LogP contribution in [0, 0.1) is 6.92 Å². The Bertz CT molecular complexity index is 572. The highest BCUT2D eigenvalue weighted by Crippen LogP contribution is 2.19. The molecule has 0 heterocycles. The molecule has 0 amide bonds. The number of nitrogens with zero attached hydrogens (tertiary/aromatic N) is 1. The van der Waals surface area contributed by atoms with Crippen molar-refractivity contribution in [1.82, 2.24) is 10.0 Å². The molecule has 0 saturated heterocycles. The van der Waals surface area contributed by atoms with Gasteiger partial charge in [-0.25, -0.2) is 13.1 Å². The number of guanidine groups is 1. The molecule has 0 aliphatic heterocycles. The van der Waals surface area contributed by atoms with Crippen LogP contribution in [-0.4, -0.2) is 34.5 Å². The number of halogens is 1. The van der Waals surface area contributed by atoms with Gasteiger partial charge in [-0.1, -0.05) is 11.6 Å². The molecule has 0 aliphatic carbocycles. The number of aliphatic imine (C=N–C) groups is 1. The van der Waals surface area contributed by atoms with Gasteiger partial charge in [0.15, 0.2) is 5.96 Å². The average Bonchev–Trinajstić information content (AvgIpc) is 2.33. The minimum atomic E-state index is -3.54. The van der Waals surface area contributed by atoms with Crippen LogP contribution in [0.25, 0.3) is 0 Å². The highest BCUT2D eigenvalue weighted by Gasteiger charge is 2.15. The predicted octanol–water partition coefficient (Wildman–Crippen LogP) is 0.461. The van der Waals surface area contributed by atoms with Crippen LogP contribution in [-0.2, 0) is 10.0 Å². The molecule has 0 spiro atoms. The summed E-state index contributed by atoms with van der Waals surface area (Å²) in [5, 5.41) is 3.26. The largest absolute Gasteiger partial charge is 0.370 e. The van der Waals surface area contributed by atoms with E-state index in [1.165, 1.54) is 6.07 Å². The molecule has 19 heavy (non-hydrogen) atoms. The minimum Gasteiger partial charge on any atom is -0.370 e. The third-order valence-corrected chi connectivity index (χ3v) is 4.25. The molecule has 4 N–H and O–H groups in total. The summed E-state index contributed by atoms with van der Waals surface area (Å²) in [6.45, 7) is 2.26. The Kier molecular flexibility index (Phi) is 5.59. The fraction of sp³-hybridized carbons (Fsp3) is 0.364. The first kappa shape index (κ1) is 15.7. The van der Waals surface area contributed by atoms with E-state index in [2.05, 4.69) is 15.0 Å². The lowest BCUT2D eigenvalue weighted by Gasteiger charge is -2.10. The summed E-state index contributed by atoms with van der Waals surface area (Å²) in [5.41, 5.74) is 6.02. The zero-order valence-corrected chi connectivity index (χ0v) is 12.3. The highest BCUT2D eigenvalue weighted by molar-refractivity contribution is 7.89. The monoisotopic (exact) mass is 304 g/mol. The molecular weight excluding hydrogens is 288 g/mol. The third-order valence-electron chi connectivity index (χ3n) is 2.39. The van der Waals surface area contributed by atoms with Gasteiger partial charge in [0, 0.05) is 25.2 Å². The quantitative estimate of drug-likeness (QED) is 0.418. The molecule has 1 aromatic carbocycles. The summed E-state index contributed by atoms with van der Waals surface area (Å²) in [6, 6.07) is 4.63. The van der Waals surface area contributed by atoms with Crippen molar-refractivity contribution < 1.29 is 8.42 Å². The summed E-state index contributed by atoms with van der Waals surface area (Å²) < 4.78 is 26.5. The van der Waals surface area contributed by atoms with Crippen molar-refractivity contribution in [2.45, 2.75) is 11.8 Å². The lowest BCUT2D eigenvalue weighted by molar-refractivity contribution is 0.580. The number of benzene rings is 1. The Morgan fingerprint density at radius 1 is 1.42 bits per heavy atom. The molecule has 1 aromatic rings. The Balaban J connectivity index is 2.66. The van der Waals surface area contributed by atoms with Gasteiger partial charge in [-0.15, -0.1) is 0 Å². The first-order chi connectivity index (χ1) is 8.86. The molecule has 1 rings (SSSR count). The average molecular weight is 305 g/mol. The number of nitrogens with two attached hydrogens (primary N) is 1. The minimum absolute atomic E-state index is 0.209. The first-order valence-electron chi connectivity index (χ1n) is 5.59. The lowest BCUT2D eigenvalue weighted by Crippen LogP contribution is -2.38. The molecule has 0 bridgehead atoms. The van der Waals surface area contributed by atoms with Crippen molar-refractivity contribution in [2.24, 2.45) is 10.7 Å². The summed E-state index contributed by atoms with van der Waals surface area (Å²) in [4.78, 5) is 3.91. The van der Waals surface area contributed by atoms with Crippen molar-refractivity contribution in [1.29, 1.82) is 0 Å². The van der Waals surface area contributed by atoms with E-state index in [1.807, 2.05) is 0 Å². The van der Waals surface area contributed by atoms with Gasteiger partial charge in [0.25, 0.3) is 0 Å². The van der Waals surface area contributed by atoms with Crippen LogP contribution < -0.4 is 15.8 Å². The summed E-state index contributed by atoms with van der Waals surface area (Å²) in [7, 11) is -2.00. The van der Waals surface area contributed by atoms with Crippen LogP contribution in [0.2, 0.25) is 5.02 Å². The van der Waals surface area contributed by atoms with E-state index in [-0.39, 0.29) is 17.4 Å². The van der Waals surface area contributed by atoms with Crippen molar-refractivity contribution in [3.8, 4) is 0 Å². The van der Waals surface area contributed by atoms with Crippen molar-refractivity contribution in [3.63, 3.8) is 0 Å². The number of hydrogen-bond acceptors (Lipinski definition) is 3. The maximum atomic E-state index is 12.0. The number of hydrogen-bond donors (Lipinski definition) is 3. The predicted molar refractivity (Wildman–Crippen MR) is 76.9 cm³/mol. The van der Waals surface area contributed by atoms with Crippen LogP contribution in [0.5, 0.6) is 0 Å². The van der Waals surface area contributed by atoms with Gasteiger partial charge in [0.05, 0.1) is 4.90 Å². The van der Waals surface area contributed by atoms with E-state index in [9.17, 15) is 8.42 Å². The number of aryl methyl sites for hydroxylation is 1. The van der Waals surface area contributed by atoms with E-state index in [0.29, 0.717) is 17.1 Å². The Labute approximate surface area is 118 Å². The molecule has 0 fully saturated rings. The maximum Gasteiger partial charge on any atom is 0.240 e. The van der Waals surface area contributed by atoms with E-state index >= 15 is 0 Å². The second-order valence-electron chi connectivity index (χ2n) is 3.84. The zero-order chi connectivity index (χ0) is 14.5. The molecule has 6 nitrogen and oxygen atoms in total. The molecular formula is C11H17ClN4O2S. The van der Waals surface area contributed by atoms with Gasteiger partial charge in [0.2, 0.25) is 10.0 Å². The Morgan fingerprint density at radius 3 is 2.68 bits per heavy atom. The van der Waals surface area contributed by atoms with E-state index in [1.54, 1.807) is 26.1 Å². The van der Waals surface area contributed by atoms with Crippen LogP contribution in [0.3, 0.4) is 0 Å². The molecule has 0 saturated carbocycles. The summed E-state index contributed by atoms with van der Waals surface area (Å²) >= 11 is 5.79. The molecule has 0 aliphatic rings. The van der Waals surface area contributed by atoms with Crippen LogP contribution in [0.4, 0.5) is 0 Å². The SMILES string of the molecule is CN=C(N)NCCNS(=O)(=O)c1ccc(Cl)cc1C. The van der Waals surface area contributed by atoms with Gasteiger partial charge in [-0.3, -0.25) is 4.99 Å². The summed E-state index contributed by atoms with van der Waals surface area (Å²) in [6.07, 6.45) is 0. The molecule has 106 valence electrons.